The molecule has 2 nitrogen and oxygen atoms in total. The highest BCUT2D eigenvalue weighted by atomic mass is 35.5. The fraction of sp³-hybridized carbons (Fsp3) is 0.500. The standard InChI is InChI=1S/C12H17F2NO.ClH/c1-3-4-5-11(15)12-9(13)6-8(16-2)7-10(12)14;/h6-7,11H,3-5,15H2,1-2H3;1H/t11-;/m1./s1. The Kier molecular flexibility index (Phi) is 7.07. The van der Waals surface area contributed by atoms with E-state index in [-0.39, 0.29) is 23.7 Å². The van der Waals surface area contributed by atoms with Gasteiger partial charge in [0.2, 0.25) is 0 Å². The normalized spacial score (nSPS) is 11.8. The quantitative estimate of drug-likeness (QED) is 0.883. The van der Waals surface area contributed by atoms with E-state index in [4.69, 9.17) is 10.5 Å². The molecule has 0 aliphatic heterocycles. The second kappa shape index (κ2) is 7.45. The van der Waals surface area contributed by atoms with Crippen LogP contribution in [0.25, 0.3) is 0 Å². The van der Waals surface area contributed by atoms with Gasteiger partial charge in [-0.2, -0.15) is 0 Å². The summed E-state index contributed by atoms with van der Waals surface area (Å²) in [6.45, 7) is 2.01. The zero-order valence-corrected chi connectivity index (χ0v) is 10.8. The van der Waals surface area contributed by atoms with Crippen LogP contribution in [0, 0.1) is 11.6 Å². The molecule has 1 atom stereocenters. The van der Waals surface area contributed by atoms with Crippen LogP contribution < -0.4 is 10.5 Å². The smallest absolute Gasteiger partial charge is 0.134 e. The first kappa shape index (κ1) is 16.1. The van der Waals surface area contributed by atoms with E-state index >= 15 is 0 Å². The number of hydrogen-bond donors (Lipinski definition) is 1. The van der Waals surface area contributed by atoms with Crippen molar-refractivity contribution in [2.24, 2.45) is 5.73 Å². The highest BCUT2D eigenvalue weighted by Gasteiger charge is 2.17. The second-order valence-electron chi connectivity index (χ2n) is 3.75. The number of unbranched alkanes of at least 4 members (excludes halogenated alkanes) is 1. The molecular formula is C12H18ClF2NO. The maximum absolute atomic E-state index is 13.6. The molecule has 0 spiro atoms. The Hall–Kier alpha value is -0.870. The van der Waals surface area contributed by atoms with Crippen molar-refractivity contribution in [1.82, 2.24) is 0 Å². The summed E-state index contributed by atoms with van der Waals surface area (Å²) < 4.78 is 31.9. The number of ether oxygens (including phenoxy) is 1. The molecule has 5 heteroatoms. The average molecular weight is 266 g/mol. The summed E-state index contributed by atoms with van der Waals surface area (Å²) in [7, 11) is 1.37. The molecule has 17 heavy (non-hydrogen) atoms. The second-order valence-corrected chi connectivity index (χ2v) is 3.75. The summed E-state index contributed by atoms with van der Waals surface area (Å²) in [6, 6.07) is 1.72. The van der Waals surface area contributed by atoms with Gasteiger partial charge in [0.05, 0.1) is 7.11 Å². The zero-order chi connectivity index (χ0) is 12.1. The van der Waals surface area contributed by atoms with Crippen LogP contribution in [-0.4, -0.2) is 7.11 Å². The first-order valence-electron chi connectivity index (χ1n) is 5.38. The predicted molar refractivity (Wildman–Crippen MR) is 66.6 cm³/mol. The fourth-order valence-corrected chi connectivity index (χ4v) is 1.60. The Morgan fingerprint density at radius 1 is 1.29 bits per heavy atom. The van der Waals surface area contributed by atoms with Crippen molar-refractivity contribution in [3.8, 4) is 5.75 Å². The number of halogens is 3. The number of rotatable bonds is 5. The van der Waals surface area contributed by atoms with Crippen LogP contribution in [-0.2, 0) is 0 Å². The van der Waals surface area contributed by atoms with Crippen LogP contribution in [0.5, 0.6) is 5.75 Å². The number of benzene rings is 1. The van der Waals surface area contributed by atoms with Crippen LogP contribution in [0.2, 0.25) is 0 Å². The molecule has 1 rings (SSSR count). The lowest BCUT2D eigenvalue weighted by molar-refractivity contribution is 0.402. The minimum absolute atomic E-state index is 0. The van der Waals surface area contributed by atoms with E-state index in [2.05, 4.69) is 0 Å². The van der Waals surface area contributed by atoms with Crippen molar-refractivity contribution in [3.63, 3.8) is 0 Å². The molecule has 0 amide bonds. The van der Waals surface area contributed by atoms with Gasteiger partial charge in [0, 0.05) is 23.7 Å². The van der Waals surface area contributed by atoms with Crippen molar-refractivity contribution in [2.45, 2.75) is 32.2 Å². The molecule has 1 aromatic rings. The van der Waals surface area contributed by atoms with E-state index in [9.17, 15) is 8.78 Å². The average Bonchev–Trinajstić information content (AvgIpc) is 2.25. The Morgan fingerprint density at radius 3 is 2.24 bits per heavy atom. The van der Waals surface area contributed by atoms with E-state index in [0.717, 1.165) is 25.0 Å². The molecule has 0 unspecified atom stereocenters. The molecule has 0 saturated carbocycles. The van der Waals surface area contributed by atoms with Crippen LogP contribution in [0.4, 0.5) is 8.78 Å². The molecule has 0 heterocycles. The van der Waals surface area contributed by atoms with Crippen LogP contribution >= 0.6 is 12.4 Å². The SMILES string of the molecule is CCCC[C@@H](N)c1c(F)cc(OC)cc1F.Cl. The van der Waals surface area contributed by atoms with E-state index in [1.54, 1.807) is 0 Å². The van der Waals surface area contributed by atoms with Gasteiger partial charge in [0.15, 0.2) is 0 Å². The van der Waals surface area contributed by atoms with Gasteiger partial charge in [-0.25, -0.2) is 8.78 Å². The third kappa shape index (κ3) is 4.13. The van der Waals surface area contributed by atoms with Crippen LogP contribution in [0.15, 0.2) is 12.1 Å². The Bertz CT molecular complexity index is 337. The van der Waals surface area contributed by atoms with Crippen molar-refractivity contribution in [3.05, 3.63) is 29.3 Å². The highest BCUT2D eigenvalue weighted by Crippen LogP contribution is 2.26. The van der Waals surface area contributed by atoms with E-state index in [1.165, 1.54) is 7.11 Å². The fourth-order valence-electron chi connectivity index (χ4n) is 1.60. The topological polar surface area (TPSA) is 35.2 Å². The summed E-state index contributed by atoms with van der Waals surface area (Å²) in [6.07, 6.45) is 2.38. The number of nitrogens with two attached hydrogens (primary N) is 1. The molecule has 0 radical (unpaired) electrons. The highest BCUT2D eigenvalue weighted by molar-refractivity contribution is 5.85. The largest absolute Gasteiger partial charge is 0.497 e. The zero-order valence-electron chi connectivity index (χ0n) is 10.0. The Balaban J connectivity index is 0.00000256. The summed E-state index contributed by atoms with van der Waals surface area (Å²) in [4.78, 5) is 0. The van der Waals surface area contributed by atoms with Crippen molar-refractivity contribution in [1.29, 1.82) is 0 Å². The molecular weight excluding hydrogens is 248 g/mol. The van der Waals surface area contributed by atoms with Gasteiger partial charge in [0.1, 0.15) is 17.4 Å². The third-order valence-electron chi connectivity index (χ3n) is 2.53. The summed E-state index contributed by atoms with van der Waals surface area (Å²) in [5, 5.41) is 0. The Labute approximate surface area is 107 Å². The van der Waals surface area contributed by atoms with Gasteiger partial charge in [0.25, 0.3) is 0 Å². The van der Waals surface area contributed by atoms with Crippen LogP contribution in [0.3, 0.4) is 0 Å². The number of hydrogen-bond acceptors (Lipinski definition) is 2. The monoisotopic (exact) mass is 265 g/mol. The molecule has 2 N–H and O–H groups in total. The summed E-state index contributed by atoms with van der Waals surface area (Å²) >= 11 is 0. The molecule has 0 aliphatic rings. The first-order valence-corrected chi connectivity index (χ1v) is 5.38. The molecule has 98 valence electrons. The molecule has 1 aromatic carbocycles. The number of methoxy groups -OCH3 is 1. The summed E-state index contributed by atoms with van der Waals surface area (Å²) in [5.41, 5.74) is 5.71. The molecule has 0 aromatic heterocycles. The lowest BCUT2D eigenvalue weighted by Crippen LogP contribution is -2.14. The van der Waals surface area contributed by atoms with Crippen LogP contribution in [0.1, 0.15) is 37.8 Å². The van der Waals surface area contributed by atoms with Crippen molar-refractivity contribution >= 4 is 12.4 Å². The van der Waals surface area contributed by atoms with Gasteiger partial charge in [-0.05, 0) is 6.42 Å². The predicted octanol–water partition coefficient (Wildman–Crippen LogP) is 3.59. The Morgan fingerprint density at radius 2 is 1.82 bits per heavy atom. The molecule has 0 fully saturated rings. The van der Waals surface area contributed by atoms with Gasteiger partial charge in [-0.15, -0.1) is 12.4 Å². The summed E-state index contributed by atoms with van der Waals surface area (Å²) in [5.74, 6) is -1.11. The van der Waals surface area contributed by atoms with Crippen molar-refractivity contribution in [2.75, 3.05) is 7.11 Å². The minimum atomic E-state index is -0.638. The molecule has 0 aliphatic carbocycles. The lowest BCUT2D eigenvalue weighted by Gasteiger charge is -2.14. The molecule has 0 bridgehead atoms. The maximum Gasteiger partial charge on any atom is 0.134 e. The molecule has 0 saturated heterocycles. The van der Waals surface area contributed by atoms with Gasteiger partial charge in [-0.1, -0.05) is 19.8 Å². The van der Waals surface area contributed by atoms with Gasteiger partial charge < -0.3 is 10.5 Å². The van der Waals surface area contributed by atoms with E-state index < -0.39 is 17.7 Å². The lowest BCUT2D eigenvalue weighted by atomic mass is 10.0. The van der Waals surface area contributed by atoms with Gasteiger partial charge >= 0.3 is 0 Å². The van der Waals surface area contributed by atoms with Gasteiger partial charge in [-0.3, -0.25) is 0 Å². The third-order valence-corrected chi connectivity index (χ3v) is 2.53. The van der Waals surface area contributed by atoms with E-state index in [1.807, 2.05) is 6.92 Å². The van der Waals surface area contributed by atoms with Crippen molar-refractivity contribution < 1.29 is 13.5 Å². The minimum Gasteiger partial charge on any atom is -0.497 e. The maximum atomic E-state index is 13.6. The van der Waals surface area contributed by atoms with E-state index in [0.29, 0.717) is 6.42 Å². The first-order chi connectivity index (χ1) is 7.60.